The minimum atomic E-state index is -1.03. The lowest BCUT2D eigenvalue weighted by molar-refractivity contribution is -0.133. The Morgan fingerprint density at radius 3 is 2.60 bits per heavy atom. The van der Waals surface area contributed by atoms with E-state index >= 15 is 0 Å². The number of carbonyl (C=O) groups is 1. The van der Waals surface area contributed by atoms with Crippen molar-refractivity contribution in [2.45, 2.75) is 45.4 Å². The minimum Gasteiger partial charge on any atom is -0.496 e. The third-order valence-corrected chi connectivity index (χ3v) is 8.89. The van der Waals surface area contributed by atoms with Crippen LogP contribution in [0.4, 0.5) is 4.39 Å². The van der Waals surface area contributed by atoms with Crippen molar-refractivity contribution in [1.29, 1.82) is 0 Å². The molecule has 2 atom stereocenters. The van der Waals surface area contributed by atoms with Crippen molar-refractivity contribution >= 4 is 27.5 Å². The highest BCUT2D eigenvalue weighted by molar-refractivity contribution is 7.21. The van der Waals surface area contributed by atoms with Crippen LogP contribution in [0.2, 0.25) is 0 Å². The lowest BCUT2D eigenvalue weighted by atomic mass is 10.1. The SMILES string of the molecule is COCCO[C@@H](Cn1c(=O)n([C@@H](C)C(=O)N2CCCC2)c(=O)c2c(C)c(-n3cccn3)sc21)c1cc(F)ccc1OC. The standard InChI is InChI=1S/C29H34FN5O6S/c1-18-24-26(37)35(19(2)25(36)32-11-5-6-12-32)29(38)33(28(24)42-27(18)34-13-7-10-31-34)17-23(41-15-14-39-3)21-16-20(30)8-9-22(21)40-4/h7-10,13,16,19,23H,5-6,11-12,14-15,17H2,1-4H3/t19-,23-/m0/s1. The number of rotatable bonds is 11. The van der Waals surface area contributed by atoms with Gasteiger partial charge in [-0.15, -0.1) is 0 Å². The van der Waals surface area contributed by atoms with Crippen LogP contribution in [-0.4, -0.2) is 70.2 Å². The van der Waals surface area contributed by atoms with Gasteiger partial charge in [-0.3, -0.25) is 14.2 Å². The normalized spacial score (nSPS) is 14.9. The van der Waals surface area contributed by atoms with Crippen LogP contribution in [0, 0.1) is 12.7 Å². The zero-order valence-corrected chi connectivity index (χ0v) is 24.9. The van der Waals surface area contributed by atoms with Gasteiger partial charge in [-0.05, 0) is 51.0 Å². The minimum absolute atomic E-state index is 0.0811. The first-order valence-corrected chi connectivity index (χ1v) is 14.6. The van der Waals surface area contributed by atoms with Gasteiger partial charge in [0.2, 0.25) is 5.91 Å². The van der Waals surface area contributed by atoms with Gasteiger partial charge in [-0.25, -0.2) is 18.4 Å². The van der Waals surface area contributed by atoms with Gasteiger partial charge in [0.15, 0.2) is 0 Å². The van der Waals surface area contributed by atoms with Crippen molar-refractivity contribution in [1.82, 2.24) is 23.8 Å². The van der Waals surface area contributed by atoms with Gasteiger partial charge in [0.05, 0.1) is 32.3 Å². The van der Waals surface area contributed by atoms with Gasteiger partial charge in [-0.1, -0.05) is 11.3 Å². The summed E-state index contributed by atoms with van der Waals surface area (Å²) in [7, 11) is 3.01. The molecule has 42 heavy (non-hydrogen) atoms. The average molecular weight is 600 g/mol. The quantitative estimate of drug-likeness (QED) is 0.243. The van der Waals surface area contributed by atoms with Crippen LogP contribution in [0.1, 0.15) is 43.0 Å². The maximum atomic E-state index is 14.5. The van der Waals surface area contributed by atoms with Crippen LogP contribution in [0.25, 0.3) is 15.2 Å². The molecule has 1 aliphatic rings. The summed E-state index contributed by atoms with van der Waals surface area (Å²) in [6, 6.07) is 4.83. The molecule has 0 radical (unpaired) electrons. The van der Waals surface area contributed by atoms with Gasteiger partial charge in [0.25, 0.3) is 5.56 Å². The highest BCUT2D eigenvalue weighted by Gasteiger charge is 2.31. The maximum Gasteiger partial charge on any atom is 0.332 e. The first-order chi connectivity index (χ1) is 20.3. The molecule has 0 spiro atoms. The number of fused-ring (bicyclic) bond motifs is 1. The maximum absolute atomic E-state index is 14.5. The number of likely N-dealkylation sites (tertiary alicyclic amines) is 1. The first-order valence-electron chi connectivity index (χ1n) is 13.8. The Hall–Kier alpha value is -3.81. The molecule has 0 N–H and O–H groups in total. The summed E-state index contributed by atoms with van der Waals surface area (Å²) in [5.74, 6) is -0.391. The van der Waals surface area contributed by atoms with E-state index in [1.54, 1.807) is 41.9 Å². The zero-order chi connectivity index (χ0) is 30.0. The molecule has 5 rings (SSSR count). The highest BCUT2D eigenvalue weighted by Crippen LogP contribution is 2.34. The van der Waals surface area contributed by atoms with Crippen LogP contribution in [0.3, 0.4) is 0 Å². The molecule has 1 saturated heterocycles. The monoisotopic (exact) mass is 599 g/mol. The number of aryl methyl sites for hydroxylation is 1. The Morgan fingerprint density at radius 1 is 1.17 bits per heavy atom. The molecule has 1 amide bonds. The molecule has 11 nitrogen and oxygen atoms in total. The van der Waals surface area contributed by atoms with E-state index in [1.807, 2.05) is 0 Å². The first kappa shape index (κ1) is 29.7. The summed E-state index contributed by atoms with van der Waals surface area (Å²) >= 11 is 1.24. The molecule has 0 saturated carbocycles. The fraction of sp³-hybridized carbons (Fsp3) is 0.448. The van der Waals surface area contributed by atoms with Crippen molar-refractivity contribution in [3.63, 3.8) is 0 Å². The highest BCUT2D eigenvalue weighted by atomic mass is 32.1. The molecule has 1 aromatic carbocycles. The number of methoxy groups -OCH3 is 2. The third-order valence-electron chi connectivity index (χ3n) is 7.59. The number of benzene rings is 1. The van der Waals surface area contributed by atoms with E-state index in [0.717, 1.165) is 17.4 Å². The Bertz CT molecular complexity index is 1690. The van der Waals surface area contributed by atoms with Crippen molar-refractivity contribution < 1.29 is 23.4 Å². The largest absolute Gasteiger partial charge is 0.496 e. The molecule has 224 valence electrons. The molecule has 1 aliphatic heterocycles. The van der Waals surface area contributed by atoms with Crippen LogP contribution >= 0.6 is 11.3 Å². The topological polar surface area (TPSA) is 110 Å². The summed E-state index contributed by atoms with van der Waals surface area (Å²) in [6.45, 7) is 4.89. The summed E-state index contributed by atoms with van der Waals surface area (Å²) in [5, 5.41) is 5.30. The Morgan fingerprint density at radius 2 is 1.93 bits per heavy atom. The van der Waals surface area contributed by atoms with Crippen molar-refractivity contribution in [3.05, 3.63) is 74.4 Å². The predicted molar refractivity (Wildman–Crippen MR) is 156 cm³/mol. The number of aromatic nitrogens is 4. The van der Waals surface area contributed by atoms with Gasteiger partial charge in [0, 0.05) is 43.7 Å². The summed E-state index contributed by atoms with van der Waals surface area (Å²) in [6.07, 6.45) is 4.29. The van der Waals surface area contributed by atoms with Crippen LogP contribution in [-0.2, 0) is 20.8 Å². The molecule has 3 aromatic heterocycles. The average Bonchev–Trinajstić information content (AvgIpc) is 3.76. The van der Waals surface area contributed by atoms with E-state index in [9.17, 15) is 18.8 Å². The van der Waals surface area contributed by atoms with Gasteiger partial charge in [-0.2, -0.15) is 5.10 Å². The zero-order valence-electron chi connectivity index (χ0n) is 24.0. The van der Waals surface area contributed by atoms with Crippen molar-refractivity contribution in [2.75, 3.05) is 40.5 Å². The second kappa shape index (κ2) is 12.6. The molecule has 1 fully saturated rings. The molecule has 0 aliphatic carbocycles. The van der Waals surface area contributed by atoms with E-state index in [1.165, 1.54) is 48.3 Å². The fourth-order valence-corrected chi connectivity index (χ4v) is 6.66. The van der Waals surface area contributed by atoms with Gasteiger partial charge >= 0.3 is 5.69 Å². The van der Waals surface area contributed by atoms with E-state index in [2.05, 4.69) is 5.10 Å². The third kappa shape index (κ3) is 5.51. The second-order valence-electron chi connectivity index (χ2n) is 10.2. The number of hydrogen-bond acceptors (Lipinski definition) is 8. The number of halogens is 1. The number of thiophene rings is 1. The lowest BCUT2D eigenvalue weighted by Gasteiger charge is -2.24. The smallest absolute Gasteiger partial charge is 0.332 e. The van der Waals surface area contributed by atoms with E-state index in [-0.39, 0.29) is 25.7 Å². The van der Waals surface area contributed by atoms with Gasteiger partial charge in [0.1, 0.15) is 33.5 Å². The Labute approximate surface area is 245 Å². The van der Waals surface area contributed by atoms with E-state index < -0.39 is 29.2 Å². The molecule has 4 aromatic rings. The van der Waals surface area contributed by atoms with Crippen LogP contribution in [0.5, 0.6) is 5.75 Å². The number of nitrogens with zero attached hydrogens (tertiary/aromatic N) is 5. The molecule has 0 bridgehead atoms. The molecular weight excluding hydrogens is 565 g/mol. The molecule has 13 heteroatoms. The van der Waals surface area contributed by atoms with E-state index in [4.69, 9.17) is 14.2 Å². The molecule has 4 heterocycles. The summed E-state index contributed by atoms with van der Waals surface area (Å²) in [5.41, 5.74) is -0.171. The van der Waals surface area contributed by atoms with Crippen molar-refractivity contribution in [3.8, 4) is 10.8 Å². The van der Waals surface area contributed by atoms with Crippen LogP contribution in [0.15, 0.2) is 46.2 Å². The van der Waals surface area contributed by atoms with Gasteiger partial charge < -0.3 is 19.1 Å². The van der Waals surface area contributed by atoms with Crippen LogP contribution < -0.4 is 16.0 Å². The van der Waals surface area contributed by atoms with E-state index in [0.29, 0.717) is 45.2 Å². The fourth-order valence-electron chi connectivity index (χ4n) is 5.41. The number of ether oxygens (including phenoxy) is 3. The molecule has 0 unspecified atom stereocenters. The summed E-state index contributed by atoms with van der Waals surface area (Å²) in [4.78, 5) is 43.8. The Balaban J connectivity index is 1.72. The second-order valence-corrected chi connectivity index (χ2v) is 11.2. The predicted octanol–water partition coefficient (Wildman–Crippen LogP) is 3.45. The summed E-state index contributed by atoms with van der Waals surface area (Å²) < 4.78 is 35.4. The number of amides is 1. The number of carbonyl (C=O) groups excluding carboxylic acids is 1. The van der Waals surface area contributed by atoms with Crippen molar-refractivity contribution in [2.24, 2.45) is 0 Å². The number of hydrogen-bond donors (Lipinski definition) is 0. The molecular formula is C29H34FN5O6S. The Kier molecular flexibility index (Phi) is 8.90. The lowest BCUT2D eigenvalue weighted by Crippen LogP contribution is -2.47.